The van der Waals surface area contributed by atoms with Gasteiger partial charge in [0.1, 0.15) is 10.3 Å². The Morgan fingerprint density at radius 2 is 2.23 bits per heavy atom. The molecule has 1 aliphatic rings. The first-order valence-corrected chi connectivity index (χ1v) is 9.98. The highest BCUT2D eigenvalue weighted by molar-refractivity contribution is 7.91. The topological polar surface area (TPSA) is 131 Å². The summed E-state index contributed by atoms with van der Waals surface area (Å²) in [6.45, 7) is 0.283. The van der Waals surface area contributed by atoms with E-state index < -0.39 is 22.0 Å². The third-order valence-corrected chi connectivity index (χ3v) is 7.15. The number of aromatic nitrogens is 3. The van der Waals surface area contributed by atoms with E-state index >= 15 is 0 Å². The van der Waals surface area contributed by atoms with Gasteiger partial charge in [-0.05, 0) is 24.3 Å². The number of thiophene rings is 1. The van der Waals surface area contributed by atoms with Gasteiger partial charge >= 0.3 is 6.01 Å². The van der Waals surface area contributed by atoms with Crippen LogP contribution in [-0.2, 0) is 14.8 Å². The molecule has 26 heavy (non-hydrogen) atoms. The van der Waals surface area contributed by atoms with Crippen LogP contribution in [0.1, 0.15) is 12.8 Å². The number of amides is 1. The molecule has 0 aliphatic carbocycles. The first-order chi connectivity index (χ1) is 12.6. The SMILES string of the molecule is O=C(Nc1nnc(-c2ccno2)o1)[C@@H]1CCCN1S(=O)(=O)c1cccs1. The number of rotatable bonds is 5. The quantitative estimate of drug-likeness (QED) is 0.689. The molecule has 0 spiro atoms. The molecule has 1 aliphatic heterocycles. The van der Waals surface area contributed by atoms with Crippen molar-refractivity contribution in [3.63, 3.8) is 0 Å². The van der Waals surface area contributed by atoms with Crippen LogP contribution < -0.4 is 5.32 Å². The number of hydrogen-bond acceptors (Lipinski definition) is 9. The molecule has 0 aromatic carbocycles. The second kappa shape index (κ2) is 6.63. The van der Waals surface area contributed by atoms with E-state index in [-0.39, 0.29) is 28.4 Å². The molecule has 12 heteroatoms. The number of sulfonamides is 1. The summed E-state index contributed by atoms with van der Waals surface area (Å²) in [5.41, 5.74) is 0. The summed E-state index contributed by atoms with van der Waals surface area (Å²) in [4.78, 5) is 12.6. The number of hydrogen-bond donors (Lipinski definition) is 1. The fourth-order valence-corrected chi connectivity index (χ4v) is 5.48. The highest BCUT2D eigenvalue weighted by Gasteiger charge is 2.40. The second-order valence-corrected chi connectivity index (χ2v) is 8.55. The van der Waals surface area contributed by atoms with Gasteiger partial charge in [-0.15, -0.1) is 16.4 Å². The maximum Gasteiger partial charge on any atom is 0.322 e. The molecule has 136 valence electrons. The van der Waals surface area contributed by atoms with Crippen molar-refractivity contribution in [1.82, 2.24) is 19.7 Å². The van der Waals surface area contributed by atoms with Crippen LogP contribution in [0.5, 0.6) is 0 Å². The predicted molar refractivity (Wildman–Crippen MR) is 89.7 cm³/mol. The standard InChI is InChI=1S/C14H13N5O5S2/c20-12(16-14-18-17-13(23-14)10-5-6-15-24-10)9-3-1-7-19(9)26(21,22)11-4-2-8-25-11/h2,4-6,8-9H,1,3,7H2,(H,16,18,20)/t9-/m0/s1. The van der Waals surface area contributed by atoms with Crippen LogP contribution in [0.15, 0.2) is 42.9 Å². The minimum absolute atomic E-state index is 0.0623. The minimum Gasteiger partial charge on any atom is -0.400 e. The summed E-state index contributed by atoms with van der Waals surface area (Å²) in [7, 11) is -3.71. The van der Waals surface area contributed by atoms with Gasteiger partial charge in [-0.3, -0.25) is 10.1 Å². The maximum absolute atomic E-state index is 12.7. The van der Waals surface area contributed by atoms with Crippen LogP contribution in [-0.4, -0.2) is 46.6 Å². The second-order valence-electron chi connectivity index (χ2n) is 5.48. The van der Waals surface area contributed by atoms with Gasteiger partial charge in [-0.25, -0.2) is 8.42 Å². The fourth-order valence-electron chi connectivity index (χ4n) is 2.70. The Morgan fingerprint density at radius 3 is 2.96 bits per heavy atom. The van der Waals surface area contributed by atoms with Crippen molar-refractivity contribution in [3.05, 3.63) is 29.8 Å². The van der Waals surface area contributed by atoms with Crippen molar-refractivity contribution in [2.45, 2.75) is 23.1 Å². The Morgan fingerprint density at radius 1 is 1.35 bits per heavy atom. The third-order valence-electron chi connectivity index (χ3n) is 3.87. The molecule has 3 aromatic rings. The molecule has 1 saturated heterocycles. The van der Waals surface area contributed by atoms with Crippen LogP contribution >= 0.6 is 11.3 Å². The number of anilines is 1. The molecule has 3 aromatic heterocycles. The fraction of sp³-hybridized carbons (Fsp3) is 0.286. The zero-order chi connectivity index (χ0) is 18.1. The van der Waals surface area contributed by atoms with Gasteiger partial charge in [0.25, 0.3) is 15.9 Å². The van der Waals surface area contributed by atoms with E-state index in [4.69, 9.17) is 8.94 Å². The first kappa shape index (κ1) is 16.9. The van der Waals surface area contributed by atoms with Crippen LogP contribution in [0, 0.1) is 0 Å². The molecule has 1 N–H and O–H groups in total. The number of nitrogens with zero attached hydrogens (tertiary/aromatic N) is 4. The summed E-state index contributed by atoms with van der Waals surface area (Å²) >= 11 is 1.12. The van der Waals surface area contributed by atoms with Crippen LogP contribution in [0.2, 0.25) is 0 Å². The minimum atomic E-state index is -3.71. The van der Waals surface area contributed by atoms with Crippen LogP contribution in [0.3, 0.4) is 0 Å². The highest BCUT2D eigenvalue weighted by atomic mass is 32.2. The zero-order valence-electron chi connectivity index (χ0n) is 13.2. The van der Waals surface area contributed by atoms with Crippen molar-refractivity contribution in [2.75, 3.05) is 11.9 Å². The molecule has 1 fully saturated rings. The van der Waals surface area contributed by atoms with E-state index in [0.717, 1.165) is 11.3 Å². The Labute approximate surface area is 151 Å². The van der Waals surface area contributed by atoms with Crippen molar-refractivity contribution in [2.24, 2.45) is 0 Å². The van der Waals surface area contributed by atoms with Gasteiger partial charge in [0.2, 0.25) is 11.7 Å². The van der Waals surface area contributed by atoms with E-state index in [9.17, 15) is 13.2 Å². The molecular formula is C14H13N5O5S2. The smallest absolute Gasteiger partial charge is 0.322 e. The van der Waals surface area contributed by atoms with Gasteiger partial charge in [-0.2, -0.15) is 4.31 Å². The highest BCUT2D eigenvalue weighted by Crippen LogP contribution is 2.29. The van der Waals surface area contributed by atoms with Crippen molar-refractivity contribution in [3.8, 4) is 11.7 Å². The Bertz CT molecular complexity index is 997. The average Bonchev–Trinajstić information content (AvgIpc) is 3.42. The van der Waals surface area contributed by atoms with Crippen LogP contribution in [0.25, 0.3) is 11.7 Å². The molecule has 0 unspecified atom stereocenters. The Hall–Kier alpha value is -2.57. The van der Waals surface area contributed by atoms with Gasteiger partial charge in [0, 0.05) is 12.6 Å². The molecular weight excluding hydrogens is 382 g/mol. The van der Waals surface area contributed by atoms with E-state index in [1.165, 1.54) is 22.6 Å². The van der Waals surface area contributed by atoms with E-state index in [1.807, 2.05) is 0 Å². The normalized spacial score (nSPS) is 18.2. The molecule has 1 amide bonds. The lowest BCUT2D eigenvalue weighted by Gasteiger charge is -2.21. The summed E-state index contributed by atoms with van der Waals surface area (Å²) < 4.78 is 37.0. The van der Waals surface area contributed by atoms with Gasteiger partial charge < -0.3 is 8.94 Å². The number of carbonyl (C=O) groups excluding carboxylic acids is 1. The molecule has 10 nitrogen and oxygen atoms in total. The maximum atomic E-state index is 12.7. The van der Waals surface area contributed by atoms with E-state index in [1.54, 1.807) is 11.4 Å². The molecule has 1 atom stereocenters. The molecule has 0 radical (unpaired) electrons. The lowest BCUT2D eigenvalue weighted by molar-refractivity contribution is -0.119. The third kappa shape index (κ3) is 3.02. The van der Waals surface area contributed by atoms with Crippen molar-refractivity contribution in [1.29, 1.82) is 0 Å². The molecule has 0 saturated carbocycles. The Kier molecular flexibility index (Phi) is 4.30. The lowest BCUT2D eigenvalue weighted by atomic mass is 10.2. The van der Waals surface area contributed by atoms with E-state index in [0.29, 0.717) is 12.8 Å². The van der Waals surface area contributed by atoms with Gasteiger partial charge in [-0.1, -0.05) is 16.3 Å². The lowest BCUT2D eigenvalue weighted by Crippen LogP contribution is -2.42. The van der Waals surface area contributed by atoms with Crippen LogP contribution in [0.4, 0.5) is 6.01 Å². The van der Waals surface area contributed by atoms with Crippen molar-refractivity contribution < 1.29 is 22.2 Å². The molecule has 4 heterocycles. The number of nitrogens with one attached hydrogen (secondary N) is 1. The Balaban J connectivity index is 1.51. The van der Waals surface area contributed by atoms with E-state index in [2.05, 4.69) is 20.7 Å². The number of carbonyl (C=O) groups is 1. The van der Waals surface area contributed by atoms with Gasteiger partial charge in [0.15, 0.2) is 0 Å². The summed E-state index contributed by atoms with van der Waals surface area (Å²) in [5, 5.41) is 15.2. The summed E-state index contributed by atoms with van der Waals surface area (Å²) in [6.07, 6.45) is 2.43. The first-order valence-electron chi connectivity index (χ1n) is 7.66. The largest absolute Gasteiger partial charge is 0.400 e. The monoisotopic (exact) mass is 395 g/mol. The zero-order valence-corrected chi connectivity index (χ0v) is 14.9. The van der Waals surface area contributed by atoms with Crippen molar-refractivity contribution >= 4 is 33.3 Å². The molecule has 4 rings (SSSR count). The average molecular weight is 395 g/mol. The summed E-state index contributed by atoms with van der Waals surface area (Å²) in [5.74, 6) is -0.191. The summed E-state index contributed by atoms with van der Waals surface area (Å²) in [6, 6.07) is 3.75. The molecule has 0 bridgehead atoms. The predicted octanol–water partition coefficient (Wildman–Crippen LogP) is 1.58. The van der Waals surface area contributed by atoms with Gasteiger partial charge in [0.05, 0.1) is 6.20 Å².